The quantitative estimate of drug-likeness (QED) is 0.800. The van der Waals surface area contributed by atoms with E-state index in [-0.39, 0.29) is 11.5 Å². The summed E-state index contributed by atoms with van der Waals surface area (Å²) in [6, 6.07) is 8.96. The number of benzene rings is 1. The minimum absolute atomic E-state index is 0.0754. The van der Waals surface area contributed by atoms with Crippen LogP contribution < -0.4 is 10.9 Å². The van der Waals surface area contributed by atoms with E-state index in [1.54, 1.807) is 4.40 Å². The highest BCUT2D eigenvalue weighted by Crippen LogP contribution is 2.13. The first-order chi connectivity index (χ1) is 11.0. The highest BCUT2D eigenvalue weighted by molar-refractivity contribution is 7.15. The maximum Gasteiger partial charge on any atom is 0.258 e. The molecule has 0 unspecified atom stereocenters. The molecular weight excluding hydrogens is 310 g/mol. The molecule has 118 valence electrons. The van der Waals surface area contributed by atoms with Gasteiger partial charge in [0.05, 0.1) is 0 Å². The van der Waals surface area contributed by atoms with Gasteiger partial charge < -0.3 is 5.32 Å². The first-order valence-electron chi connectivity index (χ1n) is 7.36. The lowest BCUT2D eigenvalue weighted by atomic mass is 10.1. The van der Waals surface area contributed by atoms with E-state index >= 15 is 0 Å². The molecule has 3 rings (SSSR count). The Balaban J connectivity index is 1.68. The van der Waals surface area contributed by atoms with Gasteiger partial charge in [-0.25, -0.2) is 4.98 Å². The topological polar surface area (TPSA) is 63.5 Å². The van der Waals surface area contributed by atoms with Crippen LogP contribution >= 0.6 is 11.3 Å². The van der Waals surface area contributed by atoms with E-state index in [1.807, 2.05) is 43.5 Å². The fraction of sp³-hybridized carbons (Fsp3) is 0.235. The Morgan fingerprint density at radius 2 is 2.00 bits per heavy atom. The molecule has 0 atom stereocenters. The number of carbonyl (C=O) groups excluding carboxylic acids is 1. The van der Waals surface area contributed by atoms with Gasteiger partial charge in [-0.3, -0.25) is 14.0 Å². The highest BCUT2D eigenvalue weighted by Gasteiger charge is 2.09. The normalized spacial score (nSPS) is 10.9. The Kier molecular flexibility index (Phi) is 4.25. The van der Waals surface area contributed by atoms with Crippen molar-refractivity contribution in [3.8, 4) is 0 Å². The minimum Gasteiger partial charge on any atom is -0.352 e. The van der Waals surface area contributed by atoms with Crippen molar-refractivity contribution in [2.75, 3.05) is 6.54 Å². The number of amides is 1. The number of aryl methyl sites for hydroxylation is 2. The Bertz CT molecular complexity index is 910. The average Bonchev–Trinajstić information content (AvgIpc) is 2.91. The fourth-order valence-electron chi connectivity index (χ4n) is 2.37. The van der Waals surface area contributed by atoms with Gasteiger partial charge in [0.25, 0.3) is 11.5 Å². The first kappa shape index (κ1) is 15.4. The summed E-state index contributed by atoms with van der Waals surface area (Å²) in [5.74, 6) is -0.106. The van der Waals surface area contributed by atoms with E-state index in [4.69, 9.17) is 0 Å². The maximum absolute atomic E-state index is 12.1. The zero-order valence-electron chi connectivity index (χ0n) is 13.0. The van der Waals surface area contributed by atoms with Crippen molar-refractivity contribution >= 4 is 22.2 Å². The molecule has 23 heavy (non-hydrogen) atoms. The zero-order valence-corrected chi connectivity index (χ0v) is 13.8. The van der Waals surface area contributed by atoms with Crippen molar-refractivity contribution < 1.29 is 4.79 Å². The summed E-state index contributed by atoms with van der Waals surface area (Å²) in [6.45, 7) is 4.26. The van der Waals surface area contributed by atoms with Gasteiger partial charge in [-0.05, 0) is 26.0 Å². The third kappa shape index (κ3) is 3.32. The molecule has 1 aromatic carbocycles. The number of aromatic nitrogens is 2. The molecule has 0 saturated carbocycles. The highest BCUT2D eigenvalue weighted by atomic mass is 32.1. The molecule has 0 bridgehead atoms. The summed E-state index contributed by atoms with van der Waals surface area (Å²) in [6.07, 6.45) is 0.586. The number of thiazole rings is 1. The van der Waals surface area contributed by atoms with Crippen LogP contribution in [-0.2, 0) is 6.42 Å². The van der Waals surface area contributed by atoms with Crippen molar-refractivity contribution in [2.45, 2.75) is 20.3 Å². The van der Waals surface area contributed by atoms with Crippen LogP contribution in [0.5, 0.6) is 0 Å². The van der Waals surface area contributed by atoms with E-state index in [1.165, 1.54) is 17.4 Å². The van der Waals surface area contributed by atoms with E-state index in [2.05, 4.69) is 10.3 Å². The molecule has 2 aromatic heterocycles. The summed E-state index contributed by atoms with van der Waals surface area (Å²) < 4.78 is 1.61. The minimum atomic E-state index is -0.106. The smallest absolute Gasteiger partial charge is 0.258 e. The number of hydrogen-bond donors (Lipinski definition) is 1. The predicted octanol–water partition coefficient (Wildman–Crippen LogP) is 2.35. The number of fused-ring (bicyclic) bond motifs is 1. The van der Waals surface area contributed by atoms with E-state index in [0.717, 1.165) is 17.0 Å². The van der Waals surface area contributed by atoms with Gasteiger partial charge in [0.15, 0.2) is 4.96 Å². The van der Waals surface area contributed by atoms with E-state index in [9.17, 15) is 9.59 Å². The largest absolute Gasteiger partial charge is 0.352 e. The lowest BCUT2D eigenvalue weighted by Crippen LogP contribution is -2.26. The van der Waals surface area contributed by atoms with Crippen molar-refractivity contribution in [1.82, 2.24) is 14.7 Å². The van der Waals surface area contributed by atoms with Crippen molar-refractivity contribution in [3.05, 3.63) is 68.6 Å². The van der Waals surface area contributed by atoms with Gasteiger partial charge in [0.2, 0.25) is 0 Å². The number of carbonyl (C=O) groups is 1. The standard InChI is InChI=1S/C17H17N3O2S/c1-11-3-5-13(6-4-11)16(22)18-8-7-14-10-23-17-19-12(2)9-15(21)20(14)17/h3-6,9-10H,7-8H2,1-2H3,(H,18,22). The van der Waals surface area contributed by atoms with Gasteiger partial charge in [0.1, 0.15) is 0 Å². The summed E-state index contributed by atoms with van der Waals surface area (Å²) in [4.78, 5) is 29.2. The Morgan fingerprint density at radius 1 is 1.26 bits per heavy atom. The van der Waals surface area contributed by atoms with E-state index < -0.39 is 0 Å². The summed E-state index contributed by atoms with van der Waals surface area (Å²) in [5.41, 5.74) is 3.27. The molecule has 2 heterocycles. The van der Waals surface area contributed by atoms with Crippen LogP contribution in [-0.4, -0.2) is 21.8 Å². The zero-order chi connectivity index (χ0) is 16.4. The molecule has 0 spiro atoms. The number of hydrogen-bond acceptors (Lipinski definition) is 4. The second kappa shape index (κ2) is 6.34. The SMILES string of the molecule is Cc1ccc(C(=O)NCCc2csc3nc(C)cc(=O)n23)cc1. The predicted molar refractivity (Wildman–Crippen MR) is 91.3 cm³/mol. The molecule has 0 fully saturated rings. The third-order valence-electron chi connectivity index (χ3n) is 3.58. The lowest BCUT2D eigenvalue weighted by Gasteiger charge is -2.06. The Labute approximate surface area is 137 Å². The van der Waals surface area contributed by atoms with Gasteiger partial charge in [0, 0.05) is 41.4 Å². The molecule has 0 aliphatic heterocycles. The summed E-state index contributed by atoms with van der Waals surface area (Å²) >= 11 is 1.44. The molecule has 1 amide bonds. The molecule has 0 radical (unpaired) electrons. The Hall–Kier alpha value is -2.47. The van der Waals surface area contributed by atoms with Gasteiger partial charge >= 0.3 is 0 Å². The lowest BCUT2D eigenvalue weighted by molar-refractivity contribution is 0.0954. The van der Waals surface area contributed by atoms with Crippen LogP contribution in [0, 0.1) is 13.8 Å². The van der Waals surface area contributed by atoms with Crippen molar-refractivity contribution in [3.63, 3.8) is 0 Å². The third-order valence-corrected chi connectivity index (χ3v) is 4.46. The first-order valence-corrected chi connectivity index (χ1v) is 8.24. The molecule has 0 saturated heterocycles. The monoisotopic (exact) mass is 327 g/mol. The van der Waals surface area contributed by atoms with Crippen LogP contribution in [0.15, 0.2) is 40.5 Å². The Morgan fingerprint density at radius 3 is 2.74 bits per heavy atom. The average molecular weight is 327 g/mol. The molecule has 5 nitrogen and oxygen atoms in total. The molecule has 1 N–H and O–H groups in total. The van der Waals surface area contributed by atoms with Crippen molar-refractivity contribution in [2.24, 2.45) is 0 Å². The number of nitrogens with one attached hydrogen (secondary N) is 1. The van der Waals surface area contributed by atoms with Gasteiger partial charge in [-0.1, -0.05) is 17.7 Å². The molecular formula is C17H17N3O2S. The summed E-state index contributed by atoms with van der Waals surface area (Å²) in [7, 11) is 0. The number of nitrogens with zero attached hydrogens (tertiary/aromatic N) is 2. The van der Waals surface area contributed by atoms with Crippen LogP contribution in [0.3, 0.4) is 0 Å². The second-order valence-electron chi connectivity index (χ2n) is 5.45. The molecule has 3 aromatic rings. The van der Waals surface area contributed by atoms with Crippen molar-refractivity contribution in [1.29, 1.82) is 0 Å². The number of rotatable bonds is 4. The van der Waals surface area contributed by atoms with Crippen LogP contribution in [0.4, 0.5) is 0 Å². The molecule has 0 aliphatic carbocycles. The fourth-order valence-corrected chi connectivity index (χ4v) is 3.34. The summed E-state index contributed by atoms with van der Waals surface area (Å²) in [5, 5.41) is 4.80. The van der Waals surface area contributed by atoms with Crippen LogP contribution in [0.2, 0.25) is 0 Å². The van der Waals surface area contributed by atoms with Crippen LogP contribution in [0.1, 0.15) is 27.3 Å². The molecule has 6 heteroatoms. The second-order valence-corrected chi connectivity index (χ2v) is 6.29. The van der Waals surface area contributed by atoms with Crippen LogP contribution in [0.25, 0.3) is 4.96 Å². The maximum atomic E-state index is 12.1. The van der Waals surface area contributed by atoms with Gasteiger partial charge in [-0.2, -0.15) is 0 Å². The molecule has 0 aliphatic rings. The van der Waals surface area contributed by atoms with E-state index in [0.29, 0.717) is 23.5 Å². The van der Waals surface area contributed by atoms with Gasteiger partial charge in [-0.15, -0.1) is 11.3 Å².